The molecule has 0 aliphatic carbocycles. The molecule has 2 nitrogen and oxygen atoms in total. The van der Waals surface area contributed by atoms with Crippen LogP contribution in [0.1, 0.15) is 31.7 Å². The van der Waals surface area contributed by atoms with Crippen molar-refractivity contribution < 1.29 is 9.90 Å². The highest BCUT2D eigenvalue weighted by Gasteiger charge is 2.25. The number of aliphatic carboxylic acids is 1. The molecule has 2 heteroatoms. The first-order chi connectivity index (χ1) is 8.63. The molecule has 0 amide bonds. The molecular formula is C16H18O2. The van der Waals surface area contributed by atoms with Crippen LogP contribution in [0, 0.1) is 5.92 Å². The normalized spacial score (nSPS) is 14.3. The summed E-state index contributed by atoms with van der Waals surface area (Å²) >= 11 is 0. The van der Waals surface area contributed by atoms with Crippen LogP contribution in [-0.2, 0) is 4.79 Å². The summed E-state index contributed by atoms with van der Waals surface area (Å²) in [4.78, 5) is 11.4. The van der Waals surface area contributed by atoms with Crippen LogP contribution in [0.3, 0.4) is 0 Å². The van der Waals surface area contributed by atoms with Gasteiger partial charge in [0.15, 0.2) is 0 Å². The Kier molecular flexibility index (Phi) is 3.66. The standard InChI is InChI=1S/C16H18O2/c1-3-11(2)15(16(17)18)14-9-8-12-6-4-5-7-13(12)10-14/h4-11,15H,3H2,1-2H3,(H,17,18). The SMILES string of the molecule is CCC(C)C(C(=O)O)c1ccc2ccccc2c1. The van der Waals surface area contributed by atoms with Gasteiger partial charge in [0, 0.05) is 0 Å². The van der Waals surface area contributed by atoms with E-state index < -0.39 is 11.9 Å². The Morgan fingerprint density at radius 2 is 1.83 bits per heavy atom. The summed E-state index contributed by atoms with van der Waals surface area (Å²) in [5.74, 6) is -1.01. The van der Waals surface area contributed by atoms with Crippen LogP contribution in [-0.4, -0.2) is 11.1 Å². The van der Waals surface area contributed by atoms with E-state index in [1.807, 2.05) is 56.3 Å². The van der Waals surface area contributed by atoms with Crippen LogP contribution in [0.2, 0.25) is 0 Å². The maximum Gasteiger partial charge on any atom is 0.311 e. The second-order valence-electron chi connectivity index (χ2n) is 4.81. The van der Waals surface area contributed by atoms with Gasteiger partial charge >= 0.3 is 5.97 Å². The van der Waals surface area contributed by atoms with E-state index in [0.29, 0.717) is 0 Å². The van der Waals surface area contributed by atoms with Crippen LogP contribution in [0.4, 0.5) is 0 Å². The molecule has 0 bridgehead atoms. The predicted molar refractivity (Wildman–Crippen MR) is 73.8 cm³/mol. The van der Waals surface area contributed by atoms with E-state index in [1.54, 1.807) is 0 Å². The fraction of sp³-hybridized carbons (Fsp3) is 0.312. The maximum absolute atomic E-state index is 11.4. The van der Waals surface area contributed by atoms with Crippen molar-refractivity contribution in [2.24, 2.45) is 5.92 Å². The van der Waals surface area contributed by atoms with Crippen molar-refractivity contribution in [2.45, 2.75) is 26.2 Å². The lowest BCUT2D eigenvalue weighted by Crippen LogP contribution is -2.19. The van der Waals surface area contributed by atoms with Gasteiger partial charge in [0.25, 0.3) is 0 Å². The second-order valence-corrected chi connectivity index (χ2v) is 4.81. The first kappa shape index (κ1) is 12.6. The topological polar surface area (TPSA) is 37.3 Å². The summed E-state index contributed by atoms with van der Waals surface area (Å²) in [5.41, 5.74) is 0.899. The number of hydrogen-bond donors (Lipinski definition) is 1. The minimum atomic E-state index is -0.736. The summed E-state index contributed by atoms with van der Waals surface area (Å²) in [6.07, 6.45) is 0.865. The Labute approximate surface area is 107 Å². The van der Waals surface area contributed by atoms with Crippen molar-refractivity contribution in [1.29, 1.82) is 0 Å². The third-order valence-corrected chi connectivity index (χ3v) is 3.61. The van der Waals surface area contributed by atoms with Crippen molar-refractivity contribution in [3.8, 4) is 0 Å². The Morgan fingerprint density at radius 1 is 1.17 bits per heavy atom. The number of hydrogen-bond acceptors (Lipinski definition) is 1. The van der Waals surface area contributed by atoms with E-state index in [2.05, 4.69) is 0 Å². The molecule has 2 aromatic carbocycles. The second kappa shape index (κ2) is 5.21. The Bertz CT molecular complexity index is 560. The highest BCUT2D eigenvalue weighted by molar-refractivity contribution is 5.85. The Morgan fingerprint density at radius 3 is 2.44 bits per heavy atom. The highest BCUT2D eigenvalue weighted by Crippen LogP contribution is 2.29. The zero-order chi connectivity index (χ0) is 13.1. The molecular weight excluding hydrogens is 224 g/mol. The zero-order valence-electron chi connectivity index (χ0n) is 10.8. The van der Waals surface area contributed by atoms with Crippen LogP contribution in [0.15, 0.2) is 42.5 Å². The summed E-state index contributed by atoms with van der Waals surface area (Å²) in [5, 5.41) is 11.6. The smallest absolute Gasteiger partial charge is 0.311 e. The number of carbonyl (C=O) groups is 1. The molecule has 0 spiro atoms. The van der Waals surface area contributed by atoms with Gasteiger partial charge in [-0.2, -0.15) is 0 Å². The molecule has 0 saturated heterocycles. The first-order valence-corrected chi connectivity index (χ1v) is 6.35. The number of rotatable bonds is 4. The molecule has 2 rings (SSSR count). The zero-order valence-corrected chi connectivity index (χ0v) is 10.8. The van der Waals surface area contributed by atoms with Crippen molar-refractivity contribution >= 4 is 16.7 Å². The van der Waals surface area contributed by atoms with E-state index in [9.17, 15) is 9.90 Å². The summed E-state index contributed by atoms with van der Waals surface area (Å²) in [6, 6.07) is 14.0. The van der Waals surface area contributed by atoms with Gasteiger partial charge in [-0.3, -0.25) is 4.79 Å². The summed E-state index contributed by atoms with van der Waals surface area (Å²) in [6.45, 7) is 4.02. The molecule has 2 aromatic rings. The van der Waals surface area contributed by atoms with Crippen molar-refractivity contribution in [1.82, 2.24) is 0 Å². The third kappa shape index (κ3) is 2.37. The number of benzene rings is 2. The van der Waals surface area contributed by atoms with Gasteiger partial charge < -0.3 is 5.11 Å². The monoisotopic (exact) mass is 242 g/mol. The third-order valence-electron chi connectivity index (χ3n) is 3.61. The van der Waals surface area contributed by atoms with Crippen LogP contribution >= 0.6 is 0 Å². The molecule has 0 heterocycles. The average molecular weight is 242 g/mol. The van der Waals surface area contributed by atoms with Gasteiger partial charge in [-0.25, -0.2) is 0 Å². The fourth-order valence-corrected chi connectivity index (χ4v) is 2.35. The molecule has 2 unspecified atom stereocenters. The van der Waals surface area contributed by atoms with Crippen LogP contribution in [0.25, 0.3) is 10.8 Å². The molecule has 0 aliphatic rings. The fourth-order valence-electron chi connectivity index (χ4n) is 2.35. The molecule has 0 saturated carbocycles. The van der Waals surface area contributed by atoms with Crippen LogP contribution < -0.4 is 0 Å². The molecule has 0 radical (unpaired) electrons. The average Bonchev–Trinajstić information content (AvgIpc) is 2.38. The number of carboxylic acid groups (broad SMARTS) is 1. The minimum absolute atomic E-state index is 0.142. The molecule has 0 aromatic heterocycles. The van der Waals surface area contributed by atoms with Crippen molar-refractivity contribution in [2.75, 3.05) is 0 Å². The Hall–Kier alpha value is -1.83. The van der Waals surface area contributed by atoms with Gasteiger partial charge in [0.2, 0.25) is 0 Å². The van der Waals surface area contributed by atoms with Gasteiger partial charge in [-0.15, -0.1) is 0 Å². The first-order valence-electron chi connectivity index (χ1n) is 6.35. The summed E-state index contributed by atoms with van der Waals surface area (Å²) in [7, 11) is 0. The van der Waals surface area contributed by atoms with Crippen molar-refractivity contribution in [3.63, 3.8) is 0 Å². The van der Waals surface area contributed by atoms with Crippen LogP contribution in [0.5, 0.6) is 0 Å². The molecule has 1 N–H and O–H groups in total. The van der Waals surface area contributed by atoms with Gasteiger partial charge in [-0.1, -0.05) is 62.7 Å². The van der Waals surface area contributed by atoms with E-state index in [0.717, 1.165) is 22.8 Å². The minimum Gasteiger partial charge on any atom is -0.481 e. The highest BCUT2D eigenvalue weighted by atomic mass is 16.4. The molecule has 0 fully saturated rings. The van der Waals surface area contributed by atoms with E-state index in [1.165, 1.54) is 0 Å². The van der Waals surface area contributed by atoms with E-state index >= 15 is 0 Å². The lowest BCUT2D eigenvalue weighted by Gasteiger charge is -2.19. The predicted octanol–water partition coefficient (Wildman–Crippen LogP) is 4.05. The summed E-state index contributed by atoms with van der Waals surface area (Å²) < 4.78 is 0. The number of fused-ring (bicyclic) bond motifs is 1. The van der Waals surface area contributed by atoms with E-state index in [4.69, 9.17) is 0 Å². The number of carboxylic acids is 1. The maximum atomic E-state index is 11.4. The quantitative estimate of drug-likeness (QED) is 0.878. The van der Waals surface area contributed by atoms with Gasteiger partial charge in [0.1, 0.15) is 0 Å². The largest absolute Gasteiger partial charge is 0.481 e. The molecule has 2 atom stereocenters. The lowest BCUT2D eigenvalue weighted by atomic mass is 9.85. The lowest BCUT2D eigenvalue weighted by molar-refractivity contribution is -0.140. The Balaban J connectivity index is 2.47. The molecule has 0 aliphatic heterocycles. The molecule has 18 heavy (non-hydrogen) atoms. The van der Waals surface area contributed by atoms with E-state index in [-0.39, 0.29) is 5.92 Å². The van der Waals surface area contributed by atoms with Crippen molar-refractivity contribution in [3.05, 3.63) is 48.0 Å². The van der Waals surface area contributed by atoms with Gasteiger partial charge in [-0.05, 0) is 22.3 Å². The molecule has 94 valence electrons. The van der Waals surface area contributed by atoms with Gasteiger partial charge in [0.05, 0.1) is 5.92 Å².